The van der Waals surface area contributed by atoms with Crippen LogP contribution >= 0.6 is 0 Å². The van der Waals surface area contributed by atoms with E-state index in [4.69, 9.17) is 4.74 Å². The number of anilines is 1. The first-order chi connectivity index (χ1) is 12.6. The van der Waals surface area contributed by atoms with E-state index in [1.807, 2.05) is 0 Å². The number of benzene rings is 2. The molecule has 0 unspecified atom stereocenters. The predicted molar refractivity (Wildman–Crippen MR) is 96.9 cm³/mol. The molecule has 1 N–H and O–H groups in total. The van der Waals surface area contributed by atoms with Crippen molar-refractivity contribution in [1.29, 1.82) is 0 Å². The number of hydrogen-bond donors (Lipinski definition) is 1. The molecule has 0 aliphatic carbocycles. The van der Waals surface area contributed by atoms with Gasteiger partial charge < -0.3 is 15.0 Å². The molecular formula is C20H21FN2O3. The Kier molecular flexibility index (Phi) is 5.84. The van der Waals surface area contributed by atoms with Gasteiger partial charge in [0.05, 0.1) is 6.61 Å². The summed E-state index contributed by atoms with van der Waals surface area (Å²) in [4.78, 5) is 25.6. The summed E-state index contributed by atoms with van der Waals surface area (Å²) >= 11 is 0. The first-order valence-corrected chi connectivity index (χ1v) is 8.71. The Hall–Kier alpha value is -2.89. The molecule has 1 saturated heterocycles. The van der Waals surface area contributed by atoms with E-state index in [0.717, 1.165) is 18.7 Å². The maximum atomic E-state index is 13.4. The molecule has 26 heavy (non-hydrogen) atoms. The average Bonchev–Trinajstić information content (AvgIpc) is 3.09. The van der Waals surface area contributed by atoms with Gasteiger partial charge in [-0.05, 0) is 49.2 Å². The van der Waals surface area contributed by atoms with Crippen LogP contribution in [0.1, 0.15) is 29.6 Å². The third kappa shape index (κ3) is 4.39. The fourth-order valence-corrected chi connectivity index (χ4v) is 2.83. The molecule has 6 heteroatoms. The Labute approximate surface area is 151 Å². The quantitative estimate of drug-likeness (QED) is 0.776. The fourth-order valence-electron chi connectivity index (χ4n) is 2.83. The molecular weight excluding hydrogens is 335 g/mol. The van der Waals surface area contributed by atoms with Crippen LogP contribution in [0.3, 0.4) is 0 Å². The zero-order valence-corrected chi connectivity index (χ0v) is 14.4. The smallest absolute Gasteiger partial charge is 0.251 e. The third-order valence-corrected chi connectivity index (χ3v) is 4.22. The van der Waals surface area contributed by atoms with Gasteiger partial charge in [-0.2, -0.15) is 0 Å². The van der Waals surface area contributed by atoms with Crippen molar-refractivity contribution in [1.82, 2.24) is 5.32 Å². The zero-order valence-electron chi connectivity index (χ0n) is 14.4. The summed E-state index contributed by atoms with van der Waals surface area (Å²) in [6, 6.07) is 13.2. The van der Waals surface area contributed by atoms with Gasteiger partial charge in [0.2, 0.25) is 5.91 Å². The second-order valence-corrected chi connectivity index (χ2v) is 6.08. The summed E-state index contributed by atoms with van der Waals surface area (Å²) in [7, 11) is 0. The van der Waals surface area contributed by atoms with Crippen molar-refractivity contribution in [3.05, 3.63) is 59.9 Å². The van der Waals surface area contributed by atoms with Crippen molar-refractivity contribution < 1.29 is 18.7 Å². The zero-order chi connectivity index (χ0) is 18.4. The number of nitrogens with one attached hydrogen (secondary N) is 1. The summed E-state index contributed by atoms with van der Waals surface area (Å²) in [5, 5.41) is 2.80. The van der Waals surface area contributed by atoms with Gasteiger partial charge in [0.15, 0.2) is 11.6 Å². The molecule has 2 aromatic carbocycles. The van der Waals surface area contributed by atoms with Gasteiger partial charge in [-0.25, -0.2) is 4.39 Å². The average molecular weight is 356 g/mol. The molecule has 0 atom stereocenters. The molecule has 2 aromatic rings. The molecule has 2 amide bonds. The molecule has 5 nitrogen and oxygen atoms in total. The molecule has 0 spiro atoms. The lowest BCUT2D eigenvalue weighted by molar-refractivity contribution is -0.117. The van der Waals surface area contributed by atoms with E-state index in [1.54, 1.807) is 47.4 Å². The fraction of sp³-hybridized carbons (Fsp3) is 0.300. The van der Waals surface area contributed by atoms with Crippen molar-refractivity contribution in [2.75, 3.05) is 24.6 Å². The van der Waals surface area contributed by atoms with Crippen LogP contribution in [0, 0.1) is 5.82 Å². The third-order valence-electron chi connectivity index (χ3n) is 4.22. The highest BCUT2D eigenvalue weighted by Crippen LogP contribution is 2.21. The van der Waals surface area contributed by atoms with Gasteiger partial charge in [0.25, 0.3) is 5.91 Å². The minimum absolute atomic E-state index is 0.122. The van der Waals surface area contributed by atoms with E-state index < -0.39 is 5.82 Å². The van der Waals surface area contributed by atoms with E-state index in [2.05, 4.69) is 5.32 Å². The van der Waals surface area contributed by atoms with E-state index in [0.29, 0.717) is 31.6 Å². The molecule has 0 radical (unpaired) electrons. The van der Waals surface area contributed by atoms with Gasteiger partial charge in [0.1, 0.15) is 0 Å². The van der Waals surface area contributed by atoms with E-state index >= 15 is 0 Å². The van der Waals surface area contributed by atoms with E-state index in [9.17, 15) is 14.0 Å². The monoisotopic (exact) mass is 356 g/mol. The van der Waals surface area contributed by atoms with Crippen LogP contribution in [0.2, 0.25) is 0 Å². The first kappa shape index (κ1) is 17.9. The summed E-state index contributed by atoms with van der Waals surface area (Å²) in [5.41, 5.74) is 1.36. The molecule has 3 rings (SSSR count). The molecule has 0 aromatic heterocycles. The van der Waals surface area contributed by atoms with Crippen molar-refractivity contribution in [3.63, 3.8) is 0 Å². The second-order valence-electron chi connectivity index (χ2n) is 6.08. The van der Waals surface area contributed by atoms with E-state index in [-0.39, 0.29) is 17.6 Å². The number of para-hydroxylation sites is 1. The van der Waals surface area contributed by atoms with Crippen molar-refractivity contribution >= 4 is 17.5 Å². The van der Waals surface area contributed by atoms with Gasteiger partial charge >= 0.3 is 0 Å². The summed E-state index contributed by atoms with van der Waals surface area (Å²) in [6.07, 6.45) is 2.02. The van der Waals surface area contributed by atoms with Crippen molar-refractivity contribution in [2.45, 2.75) is 19.3 Å². The summed E-state index contributed by atoms with van der Waals surface area (Å²) in [5.74, 6) is -0.244. The van der Waals surface area contributed by atoms with E-state index in [1.165, 1.54) is 6.07 Å². The number of rotatable bonds is 7. The lowest BCUT2D eigenvalue weighted by Crippen LogP contribution is -2.26. The number of amides is 2. The number of halogens is 1. The Balaban J connectivity index is 1.42. The lowest BCUT2D eigenvalue weighted by Gasteiger charge is -2.15. The normalized spacial score (nSPS) is 13.7. The minimum atomic E-state index is -0.395. The van der Waals surface area contributed by atoms with Crippen LogP contribution in [0.25, 0.3) is 0 Å². The number of ether oxygens (including phenoxy) is 1. The number of carbonyl (C=O) groups excluding carboxylic acids is 2. The maximum Gasteiger partial charge on any atom is 0.251 e. The lowest BCUT2D eigenvalue weighted by atomic mass is 10.2. The van der Waals surface area contributed by atoms with Crippen molar-refractivity contribution in [2.24, 2.45) is 0 Å². The van der Waals surface area contributed by atoms with Gasteiger partial charge in [-0.1, -0.05) is 12.1 Å². The highest BCUT2D eigenvalue weighted by Gasteiger charge is 2.21. The number of nitrogens with zero attached hydrogens (tertiary/aromatic N) is 1. The van der Waals surface area contributed by atoms with Crippen LogP contribution in [0.15, 0.2) is 48.5 Å². The molecule has 136 valence electrons. The topological polar surface area (TPSA) is 58.6 Å². The molecule has 1 aliphatic rings. The van der Waals surface area contributed by atoms with Crippen LogP contribution in [-0.4, -0.2) is 31.5 Å². The van der Waals surface area contributed by atoms with Crippen LogP contribution in [0.5, 0.6) is 5.75 Å². The largest absolute Gasteiger partial charge is 0.490 e. The molecule has 0 saturated carbocycles. The molecule has 1 aliphatic heterocycles. The predicted octanol–water partition coefficient (Wildman–Crippen LogP) is 3.15. The Morgan fingerprint density at radius 2 is 1.92 bits per heavy atom. The maximum absolute atomic E-state index is 13.4. The Morgan fingerprint density at radius 1 is 1.15 bits per heavy atom. The van der Waals surface area contributed by atoms with Gasteiger partial charge in [-0.3, -0.25) is 9.59 Å². The van der Waals surface area contributed by atoms with Crippen molar-refractivity contribution in [3.8, 4) is 5.75 Å². The van der Waals surface area contributed by atoms with Crippen LogP contribution in [0.4, 0.5) is 10.1 Å². The van der Waals surface area contributed by atoms with Crippen LogP contribution in [-0.2, 0) is 4.79 Å². The summed E-state index contributed by atoms with van der Waals surface area (Å²) < 4.78 is 18.7. The standard InChI is InChI=1S/C20H21FN2O3/c21-17-5-1-2-6-18(17)26-14-4-12-22-20(25)15-8-10-16(11-9-15)23-13-3-7-19(23)24/h1-2,5-6,8-11H,3-4,7,12-14H2,(H,22,25). The Bertz CT molecular complexity index is 777. The highest BCUT2D eigenvalue weighted by atomic mass is 19.1. The first-order valence-electron chi connectivity index (χ1n) is 8.71. The SMILES string of the molecule is O=C(NCCCOc1ccccc1F)c1ccc(N2CCCC2=O)cc1. The molecule has 1 fully saturated rings. The minimum Gasteiger partial charge on any atom is -0.490 e. The molecule has 0 bridgehead atoms. The van der Waals surface area contributed by atoms with Gasteiger partial charge in [-0.15, -0.1) is 0 Å². The van der Waals surface area contributed by atoms with Gasteiger partial charge in [0, 0.05) is 30.8 Å². The van der Waals surface area contributed by atoms with Crippen LogP contribution < -0.4 is 15.0 Å². The molecule has 1 heterocycles. The number of carbonyl (C=O) groups is 2. The Morgan fingerprint density at radius 3 is 2.62 bits per heavy atom. The second kappa shape index (κ2) is 8.47. The number of hydrogen-bond acceptors (Lipinski definition) is 3. The summed E-state index contributed by atoms with van der Waals surface area (Å²) in [6.45, 7) is 1.48. The highest BCUT2D eigenvalue weighted by molar-refractivity contribution is 5.97.